The Morgan fingerprint density at radius 2 is 1.62 bits per heavy atom. The van der Waals surface area contributed by atoms with Crippen molar-refractivity contribution in [3.05, 3.63) is 0 Å². The van der Waals surface area contributed by atoms with E-state index in [1.807, 2.05) is 6.92 Å². The summed E-state index contributed by atoms with van der Waals surface area (Å²) in [6.07, 6.45) is 0.974. The van der Waals surface area contributed by atoms with Crippen molar-refractivity contribution >= 4 is 11.8 Å². The van der Waals surface area contributed by atoms with Crippen LogP contribution in [0.2, 0.25) is 0 Å². The van der Waals surface area contributed by atoms with E-state index in [4.69, 9.17) is 0 Å². The first-order valence-corrected chi connectivity index (χ1v) is 5.80. The second-order valence-electron chi connectivity index (χ2n) is 4.09. The van der Waals surface area contributed by atoms with E-state index in [0.717, 1.165) is 6.42 Å². The summed E-state index contributed by atoms with van der Waals surface area (Å²) in [5, 5.41) is 8.21. The third-order valence-electron chi connectivity index (χ3n) is 1.99. The van der Waals surface area contributed by atoms with Crippen LogP contribution in [0, 0.1) is 5.92 Å². The number of hydrogen-bond acceptors (Lipinski definition) is 3. The Balaban J connectivity index is 3.40. The van der Waals surface area contributed by atoms with Crippen molar-refractivity contribution in [2.24, 2.45) is 5.92 Å². The highest BCUT2D eigenvalue weighted by Gasteiger charge is 2.03. The van der Waals surface area contributed by atoms with Gasteiger partial charge in [0.25, 0.3) is 0 Å². The van der Waals surface area contributed by atoms with E-state index in [1.165, 1.54) is 0 Å². The van der Waals surface area contributed by atoms with Crippen LogP contribution in [-0.2, 0) is 9.59 Å². The summed E-state index contributed by atoms with van der Waals surface area (Å²) in [4.78, 5) is 22.3. The van der Waals surface area contributed by atoms with Gasteiger partial charge >= 0.3 is 0 Å². The third kappa shape index (κ3) is 9.45. The van der Waals surface area contributed by atoms with Gasteiger partial charge in [-0.1, -0.05) is 13.8 Å². The molecule has 0 fully saturated rings. The van der Waals surface area contributed by atoms with Gasteiger partial charge in [0.2, 0.25) is 11.8 Å². The SMILES string of the molecule is CCNC(=O)CNCC(=O)NCCC(C)C. The van der Waals surface area contributed by atoms with Crippen LogP contribution in [0.1, 0.15) is 27.2 Å². The first kappa shape index (κ1) is 14.9. The smallest absolute Gasteiger partial charge is 0.233 e. The van der Waals surface area contributed by atoms with Gasteiger partial charge in [-0.3, -0.25) is 14.9 Å². The van der Waals surface area contributed by atoms with Gasteiger partial charge in [-0.25, -0.2) is 0 Å². The molecule has 0 spiro atoms. The van der Waals surface area contributed by atoms with Crippen LogP contribution >= 0.6 is 0 Å². The van der Waals surface area contributed by atoms with Crippen molar-refractivity contribution in [3.8, 4) is 0 Å². The Hall–Kier alpha value is -1.10. The van der Waals surface area contributed by atoms with Gasteiger partial charge in [0.05, 0.1) is 13.1 Å². The highest BCUT2D eigenvalue weighted by Crippen LogP contribution is 1.95. The van der Waals surface area contributed by atoms with Crippen LogP contribution in [0.25, 0.3) is 0 Å². The third-order valence-corrected chi connectivity index (χ3v) is 1.99. The molecule has 0 heterocycles. The highest BCUT2D eigenvalue weighted by atomic mass is 16.2. The maximum Gasteiger partial charge on any atom is 0.233 e. The second-order valence-corrected chi connectivity index (χ2v) is 4.09. The first-order chi connectivity index (χ1) is 7.56. The fraction of sp³-hybridized carbons (Fsp3) is 0.818. The molecule has 0 aromatic heterocycles. The lowest BCUT2D eigenvalue weighted by atomic mass is 10.1. The minimum Gasteiger partial charge on any atom is -0.355 e. The van der Waals surface area contributed by atoms with Gasteiger partial charge in [0.1, 0.15) is 0 Å². The number of carbonyl (C=O) groups excluding carboxylic acids is 2. The minimum absolute atomic E-state index is 0.0649. The number of amides is 2. The van der Waals surface area contributed by atoms with Crippen molar-refractivity contribution in [2.45, 2.75) is 27.2 Å². The summed E-state index contributed by atoms with van der Waals surface area (Å²) in [7, 11) is 0. The van der Waals surface area contributed by atoms with Crippen LogP contribution in [0.5, 0.6) is 0 Å². The zero-order valence-corrected chi connectivity index (χ0v) is 10.4. The molecule has 3 N–H and O–H groups in total. The molecule has 0 unspecified atom stereocenters. The number of likely N-dealkylation sites (N-methyl/N-ethyl adjacent to an activating group) is 1. The summed E-state index contributed by atoms with van der Waals surface area (Å²) >= 11 is 0. The average Bonchev–Trinajstić information content (AvgIpc) is 2.17. The van der Waals surface area contributed by atoms with E-state index in [-0.39, 0.29) is 24.9 Å². The molecule has 94 valence electrons. The maximum absolute atomic E-state index is 11.3. The van der Waals surface area contributed by atoms with Crippen LogP contribution < -0.4 is 16.0 Å². The number of rotatable bonds is 8. The summed E-state index contributed by atoms with van der Waals surface area (Å²) in [5.74, 6) is 0.436. The molecule has 0 aliphatic carbocycles. The Kier molecular flexibility index (Phi) is 8.52. The maximum atomic E-state index is 11.3. The van der Waals surface area contributed by atoms with Crippen molar-refractivity contribution < 1.29 is 9.59 Å². The lowest BCUT2D eigenvalue weighted by molar-refractivity contribution is -0.121. The Labute approximate surface area is 97.4 Å². The quantitative estimate of drug-likeness (QED) is 0.543. The molecule has 5 nitrogen and oxygen atoms in total. The lowest BCUT2D eigenvalue weighted by Gasteiger charge is -2.08. The molecule has 0 aromatic rings. The topological polar surface area (TPSA) is 70.2 Å². The normalized spacial score (nSPS) is 10.2. The van der Waals surface area contributed by atoms with Gasteiger partial charge < -0.3 is 10.6 Å². The zero-order valence-electron chi connectivity index (χ0n) is 10.4. The number of carbonyl (C=O) groups is 2. The van der Waals surface area contributed by atoms with E-state index < -0.39 is 0 Å². The fourth-order valence-corrected chi connectivity index (χ4v) is 1.11. The molecule has 0 rings (SSSR count). The fourth-order valence-electron chi connectivity index (χ4n) is 1.11. The molecule has 0 aliphatic rings. The highest BCUT2D eigenvalue weighted by molar-refractivity contribution is 5.80. The molecule has 0 radical (unpaired) electrons. The summed E-state index contributed by atoms with van der Waals surface area (Å²) in [5.41, 5.74) is 0. The second kappa shape index (κ2) is 9.15. The van der Waals surface area contributed by atoms with E-state index >= 15 is 0 Å². The van der Waals surface area contributed by atoms with Gasteiger partial charge in [-0.2, -0.15) is 0 Å². The van der Waals surface area contributed by atoms with Gasteiger partial charge in [0, 0.05) is 13.1 Å². The lowest BCUT2D eigenvalue weighted by Crippen LogP contribution is -2.40. The average molecular weight is 229 g/mol. The van der Waals surface area contributed by atoms with Crippen molar-refractivity contribution in [1.29, 1.82) is 0 Å². The van der Waals surface area contributed by atoms with Crippen molar-refractivity contribution in [3.63, 3.8) is 0 Å². The van der Waals surface area contributed by atoms with Crippen molar-refractivity contribution in [2.75, 3.05) is 26.2 Å². The molecule has 0 saturated heterocycles. The predicted molar refractivity (Wildman–Crippen MR) is 64.0 cm³/mol. The molecule has 16 heavy (non-hydrogen) atoms. The van der Waals surface area contributed by atoms with Crippen molar-refractivity contribution in [1.82, 2.24) is 16.0 Å². The Morgan fingerprint density at radius 1 is 1.06 bits per heavy atom. The van der Waals surface area contributed by atoms with E-state index in [1.54, 1.807) is 0 Å². The number of hydrogen-bond donors (Lipinski definition) is 3. The first-order valence-electron chi connectivity index (χ1n) is 5.80. The molecule has 0 saturated carbocycles. The molecular formula is C11H23N3O2. The van der Waals surface area contributed by atoms with E-state index in [2.05, 4.69) is 29.8 Å². The van der Waals surface area contributed by atoms with Crippen LogP contribution in [0.3, 0.4) is 0 Å². The zero-order chi connectivity index (χ0) is 12.4. The molecule has 5 heteroatoms. The summed E-state index contributed by atoms with van der Waals surface area (Å²) in [6.45, 7) is 7.76. The monoisotopic (exact) mass is 229 g/mol. The molecular weight excluding hydrogens is 206 g/mol. The molecule has 0 atom stereocenters. The van der Waals surface area contributed by atoms with E-state index in [0.29, 0.717) is 19.0 Å². The number of nitrogens with one attached hydrogen (secondary N) is 3. The van der Waals surface area contributed by atoms with Crippen LogP contribution in [0.15, 0.2) is 0 Å². The van der Waals surface area contributed by atoms with Gasteiger partial charge in [-0.15, -0.1) is 0 Å². The van der Waals surface area contributed by atoms with Crippen LogP contribution in [-0.4, -0.2) is 38.0 Å². The largest absolute Gasteiger partial charge is 0.355 e. The van der Waals surface area contributed by atoms with Crippen LogP contribution in [0.4, 0.5) is 0 Å². The summed E-state index contributed by atoms with van der Waals surface area (Å²) in [6, 6.07) is 0. The summed E-state index contributed by atoms with van der Waals surface area (Å²) < 4.78 is 0. The molecule has 0 bridgehead atoms. The molecule has 0 aliphatic heterocycles. The minimum atomic E-state index is -0.0857. The van der Waals surface area contributed by atoms with Gasteiger partial charge in [0.15, 0.2) is 0 Å². The molecule has 0 aromatic carbocycles. The standard InChI is InChI=1S/C11H23N3O2/c1-4-13-10(15)7-12-8-11(16)14-6-5-9(2)3/h9,12H,4-8H2,1-3H3,(H,13,15)(H,14,16). The molecule has 2 amide bonds. The van der Waals surface area contributed by atoms with Gasteiger partial charge in [-0.05, 0) is 19.3 Å². The van der Waals surface area contributed by atoms with E-state index in [9.17, 15) is 9.59 Å². The predicted octanol–water partition coefficient (Wildman–Crippen LogP) is -0.126. The Morgan fingerprint density at radius 3 is 2.12 bits per heavy atom. The Bertz CT molecular complexity index is 217.